The number of rotatable bonds is 6. The molecule has 2 aromatic heterocycles. The summed E-state index contributed by atoms with van der Waals surface area (Å²) in [6.07, 6.45) is 1.56. The lowest BCUT2D eigenvalue weighted by atomic mass is 10.1. The molecule has 0 bridgehead atoms. The number of aromatic hydroxyl groups is 1. The molecular weight excluding hydrogens is 444 g/mol. The van der Waals surface area contributed by atoms with Crippen molar-refractivity contribution in [2.24, 2.45) is 4.99 Å². The van der Waals surface area contributed by atoms with Gasteiger partial charge in [-0.25, -0.2) is 18.1 Å². The molecule has 0 atom stereocenters. The van der Waals surface area contributed by atoms with Crippen LogP contribution in [-0.2, 0) is 16.6 Å². The van der Waals surface area contributed by atoms with Crippen molar-refractivity contribution in [2.75, 3.05) is 0 Å². The van der Waals surface area contributed by atoms with Crippen molar-refractivity contribution in [3.8, 4) is 5.88 Å². The van der Waals surface area contributed by atoms with E-state index in [2.05, 4.69) is 19.7 Å². The first kappa shape index (κ1) is 20.4. The van der Waals surface area contributed by atoms with Crippen LogP contribution in [0.5, 0.6) is 5.88 Å². The Morgan fingerprint density at radius 2 is 1.84 bits per heavy atom. The Kier molecular flexibility index (Phi) is 5.22. The molecule has 5 rings (SSSR count). The van der Waals surface area contributed by atoms with Crippen molar-refractivity contribution in [3.05, 3.63) is 83.4 Å². The first-order valence-electron chi connectivity index (χ1n) is 9.76. The smallest absolute Gasteiger partial charge is 0.240 e. The van der Waals surface area contributed by atoms with Gasteiger partial charge in [-0.05, 0) is 42.0 Å². The third-order valence-corrected chi connectivity index (χ3v) is 7.29. The second kappa shape index (κ2) is 8.19. The quantitative estimate of drug-likeness (QED) is 0.318. The highest BCUT2D eigenvalue weighted by Crippen LogP contribution is 2.33. The third kappa shape index (κ3) is 3.89. The Hall–Kier alpha value is -3.53. The van der Waals surface area contributed by atoms with E-state index in [0.29, 0.717) is 11.3 Å². The highest BCUT2D eigenvalue weighted by Gasteiger charge is 2.15. The minimum atomic E-state index is -3.64. The molecule has 0 fully saturated rings. The van der Waals surface area contributed by atoms with Gasteiger partial charge in [-0.2, -0.15) is 0 Å². The van der Waals surface area contributed by atoms with Gasteiger partial charge in [-0.15, -0.1) is 11.3 Å². The molecule has 7 nitrogen and oxygen atoms in total. The van der Waals surface area contributed by atoms with Crippen LogP contribution >= 0.6 is 11.3 Å². The average Bonchev–Trinajstić information content (AvgIpc) is 3.41. The predicted molar refractivity (Wildman–Crippen MR) is 127 cm³/mol. The molecule has 32 heavy (non-hydrogen) atoms. The number of H-pyrrole nitrogens is 1. The molecule has 0 saturated carbocycles. The van der Waals surface area contributed by atoms with Crippen molar-refractivity contribution in [2.45, 2.75) is 11.4 Å². The Balaban J connectivity index is 1.38. The minimum absolute atomic E-state index is 0.00793. The lowest BCUT2D eigenvalue weighted by Gasteiger charge is -2.07. The Labute approximate surface area is 188 Å². The second-order valence-corrected chi connectivity index (χ2v) is 9.79. The standard InChI is InChI=1S/C23H18N4O3S2/c28-23-18(21-19(27-23)10-11-20-22(21)25-14-31-20)13-24-16-6-8-17(9-7-16)32(29,30)26-12-15-4-2-1-3-5-15/h1-11,13-14,26-28H,12H2. The topological polar surface area (TPSA) is 107 Å². The van der Waals surface area contributed by atoms with Crippen LogP contribution in [0, 0.1) is 0 Å². The van der Waals surface area contributed by atoms with Gasteiger partial charge in [0.1, 0.15) is 0 Å². The highest BCUT2D eigenvalue weighted by molar-refractivity contribution is 7.89. The summed E-state index contributed by atoms with van der Waals surface area (Å²) in [5.74, 6) is 0.00793. The average molecular weight is 463 g/mol. The van der Waals surface area contributed by atoms with Crippen LogP contribution in [-0.4, -0.2) is 29.7 Å². The predicted octanol–water partition coefficient (Wildman–Crippen LogP) is 4.71. The van der Waals surface area contributed by atoms with Crippen molar-refractivity contribution in [3.63, 3.8) is 0 Å². The van der Waals surface area contributed by atoms with Gasteiger partial charge in [0.15, 0.2) is 5.88 Å². The first-order valence-corrected chi connectivity index (χ1v) is 12.1. The van der Waals surface area contributed by atoms with E-state index < -0.39 is 10.0 Å². The fraction of sp³-hybridized carbons (Fsp3) is 0.0435. The number of aromatic amines is 1. The van der Waals surface area contributed by atoms with Crippen LogP contribution in [0.4, 0.5) is 5.69 Å². The Morgan fingerprint density at radius 1 is 1.06 bits per heavy atom. The lowest BCUT2D eigenvalue weighted by Crippen LogP contribution is -2.23. The monoisotopic (exact) mass is 462 g/mol. The number of sulfonamides is 1. The number of fused-ring (bicyclic) bond motifs is 3. The van der Waals surface area contributed by atoms with Crippen molar-refractivity contribution in [1.29, 1.82) is 0 Å². The van der Waals surface area contributed by atoms with Crippen molar-refractivity contribution in [1.82, 2.24) is 14.7 Å². The molecule has 3 N–H and O–H groups in total. The maximum absolute atomic E-state index is 12.6. The molecule has 9 heteroatoms. The van der Waals surface area contributed by atoms with Crippen molar-refractivity contribution >= 4 is 54.4 Å². The van der Waals surface area contributed by atoms with E-state index >= 15 is 0 Å². The van der Waals surface area contributed by atoms with Gasteiger partial charge in [-0.3, -0.25) is 4.99 Å². The van der Waals surface area contributed by atoms with Gasteiger partial charge in [0.25, 0.3) is 0 Å². The molecule has 0 amide bonds. The maximum atomic E-state index is 12.6. The van der Waals surface area contributed by atoms with E-state index in [0.717, 1.165) is 26.7 Å². The minimum Gasteiger partial charge on any atom is -0.494 e. The van der Waals surface area contributed by atoms with Gasteiger partial charge < -0.3 is 10.1 Å². The molecule has 0 aliphatic heterocycles. The molecule has 0 aliphatic carbocycles. The molecule has 0 saturated heterocycles. The zero-order chi connectivity index (χ0) is 22.1. The molecule has 0 radical (unpaired) electrons. The highest BCUT2D eigenvalue weighted by atomic mass is 32.2. The van der Waals surface area contributed by atoms with E-state index in [9.17, 15) is 13.5 Å². The number of benzene rings is 3. The number of hydrogen-bond donors (Lipinski definition) is 3. The number of thiazole rings is 1. The number of nitrogens with zero attached hydrogens (tertiary/aromatic N) is 2. The summed E-state index contributed by atoms with van der Waals surface area (Å²) in [5.41, 5.74) is 5.32. The molecule has 0 spiro atoms. The number of nitrogens with one attached hydrogen (secondary N) is 2. The van der Waals surface area contributed by atoms with Crippen LogP contribution in [0.3, 0.4) is 0 Å². The SMILES string of the molecule is O=S(=O)(NCc1ccccc1)c1ccc(N=Cc2c(O)[nH]c3ccc4scnc4c23)cc1. The van der Waals surface area contributed by atoms with E-state index in [-0.39, 0.29) is 17.3 Å². The van der Waals surface area contributed by atoms with Gasteiger partial charge in [-0.1, -0.05) is 30.3 Å². The van der Waals surface area contributed by atoms with Gasteiger partial charge in [0.2, 0.25) is 10.0 Å². The van der Waals surface area contributed by atoms with E-state index in [1.54, 1.807) is 23.9 Å². The maximum Gasteiger partial charge on any atom is 0.240 e. The summed E-state index contributed by atoms with van der Waals surface area (Å²) >= 11 is 1.53. The summed E-state index contributed by atoms with van der Waals surface area (Å²) in [6, 6.07) is 19.4. The van der Waals surface area contributed by atoms with Crippen molar-refractivity contribution < 1.29 is 13.5 Å². The first-order chi connectivity index (χ1) is 15.5. The number of hydrogen-bond acceptors (Lipinski definition) is 6. The molecular formula is C23H18N4O3S2. The summed E-state index contributed by atoms with van der Waals surface area (Å²) in [7, 11) is -3.64. The van der Waals surface area contributed by atoms with E-state index in [4.69, 9.17) is 0 Å². The fourth-order valence-corrected chi connectivity index (χ4v) is 5.16. The van der Waals surface area contributed by atoms with E-state index in [1.807, 2.05) is 42.5 Å². The van der Waals surface area contributed by atoms with E-state index in [1.165, 1.54) is 23.5 Å². The van der Waals surface area contributed by atoms with Gasteiger partial charge in [0, 0.05) is 18.1 Å². The fourth-order valence-electron chi connectivity index (χ4n) is 3.45. The molecule has 0 aliphatic rings. The Bertz CT molecular complexity index is 1540. The molecule has 5 aromatic rings. The third-order valence-electron chi connectivity index (χ3n) is 5.08. The number of aromatic nitrogens is 2. The molecule has 2 heterocycles. The second-order valence-electron chi connectivity index (χ2n) is 7.14. The van der Waals surface area contributed by atoms with Crippen LogP contribution in [0.1, 0.15) is 11.1 Å². The summed E-state index contributed by atoms with van der Waals surface area (Å²) in [4.78, 5) is 11.9. The zero-order valence-electron chi connectivity index (χ0n) is 16.7. The zero-order valence-corrected chi connectivity index (χ0v) is 18.3. The van der Waals surface area contributed by atoms with Gasteiger partial charge >= 0.3 is 0 Å². The summed E-state index contributed by atoms with van der Waals surface area (Å²) in [6.45, 7) is 0.216. The Morgan fingerprint density at radius 3 is 2.62 bits per heavy atom. The van der Waals surface area contributed by atoms with Crippen LogP contribution in [0.2, 0.25) is 0 Å². The van der Waals surface area contributed by atoms with Crippen LogP contribution in [0.15, 0.2) is 82.1 Å². The van der Waals surface area contributed by atoms with Crippen LogP contribution in [0.25, 0.3) is 21.1 Å². The largest absolute Gasteiger partial charge is 0.494 e. The molecule has 3 aromatic carbocycles. The molecule has 0 unspecified atom stereocenters. The lowest BCUT2D eigenvalue weighted by molar-refractivity contribution is 0.457. The molecule has 160 valence electrons. The van der Waals surface area contributed by atoms with Gasteiger partial charge in [0.05, 0.1) is 37.4 Å². The number of aliphatic imine (C=N–C) groups is 1. The summed E-state index contributed by atoms with van der Waals surface area (Å²) in [5, 5.41) is 11.2. The van der Waals surface area contributed by atoms with Crippen LogP contribution < -0.4 is 4.72 Å². The summed E-state index contributed by atoms with van der Waals surface area (Å²) < 4.78 is 28.7. The normalized spacial score (nSPS) is 12.2.